The van der Waals surface area contributed by atoms with Gasteiger partial charge in [0.25, 0.3) is 0 Å². The molecule has 0 aliphatic heterocycles. The molecule has 0 unspecified atom stereocenters. The molecule has 0 saturated heterocycles. The molecule has 0 aliphatic rings. The molecule has 0 amide bonds. The summed E-state index contributed by atoms with van der Waals surface area (Å²) >= 11 is 0. The third-order valence-electron chi connectivity index (χ3n) is 4.98. The van der Waals surface area contributed by atoms with E-state index in [-0.39, 0.29) is 23.7 Å². The molecular weight excluding hydrogens is 420 g/mol. The van der Waals surface area contributed by atoms with Gasteiger partial charge in [-0.25, -0.2) is 9.59 Å². The van der Waals surface area contributed by atoms with Crippen LogP contribution >= 0.6 is 0 Å². The normalized spacial score (nSPS) is 11.2. The average Bonchev–Trinajstić information content (AvgIpc) is 2.80. The molecule has 1 heterocycles. The highest BCUT2D eigenvalue weighted by atomic mass is 16.6. The van der Waals surface area contributed by atoms with Crippen LogP contribution in [0.4, 0.5) is 0 Å². The molecule has 0 spiro atoms. The fourth-order valence-electron chi connectivity index (χ4n) is 3.17. The number of carbonyl (C=O) groups is 1. The number of benzene rings is 2. The number of allylic oxidation sites excluding steroid dienone is 3. The highest BCUT2D eigenvalue weighted by Gasteiger charge is 2.21. The number of fused-ring (bicyclic) bond motifs is 1. The summed E-state index contributed by atoms with van der Waals surface area (Å²) in [4.78, 5) is 25.5. The lowest BCUT2D eigenvalue weighted by Gasteiger charge is -2.13. The van der Waals surface area contributed by atoms with E-state index in [9.17, 15) is 9.59 Å². The van der Waals surface area contributed by atoms with Gasteiger partial charge in [-0.05, 0) is 64.0 Å². The van der Waals surface area contributed by atoms with E-state index in [4.69, 9.17) is 18.6 Å². The Morgan fingerprint density at radius 2 is 1.76 bits per heavy atom. The van der Waals surface area contributed by atoms with Gasteiger partial charge in [0.05, 0.1) is 18.1 Å². The Hall–Kier alpha value is -3.80. The Kier molecular flexibility index (Phi) is 8.08. The topological polar surface area (TPSA) is 75.0 Å². The predicted molar refractivity (Wildman–Crippen MR) is 128 cm³/mol. The van der Waals surface area contributed by atoms with Gasteiger partial charge in [0.2, 0.25) is 5.75 Å². The quantitative estimate of drug-likeness (QED) is 0.224. The maximum atomic E-state index is 12.7. The largest absolute Gasteiger partial charge is 0.497 e. The highest BCUT2D eigenvalue weighted by molar-refractivity contribution is 5.95. The van der Waals surface area contributed by atoms with Gasteiger partial charge < -0.3 is 18.6 Å². The summed E-state index contributed by atoms with van der Waals surface area (Å²) in [5, 5.41) is 0.430. The minimum absolute atomic E-state index is 0.0216. The van der Waals surface area contributed by atoms with Crippen LogP contribution in [0.3, 0.4) is 0 Å². The van der Waals surface area contributed by atoms with Crippen LogP contribution in [-0.2, 0) is 0 Å². The van der Waals surface area contributed by atoms with Crippen LogP contribution in [-0.4, -0.2) is 19.7 Å². The van der Waals surface area contributed by atoms with Crippen LogP contribution in [0, 0.1) is 0 Å². The van der Waals surface area contributed by atoms with E-state index >= 15 is 0 Å². The monoisotopic (exact) mass is 448 g/mol. The molecule has 0 aliphatic carbocycles. The van der Waals surface area contributed by atoms with Crippen LogP contribution in [0.2, 0.25) is 0 Å². The number of ether oxygens (including phenoxy) is 3. The summed E-state index contributed by atoms with van der Waals surface area (Å²) in [6.07, 6.45) is 5.89. The van der Waals surface area contributed by atoms with Crippen LogP contribution < -0.4 is 19.8 Å². The SMILES string of the molecule is COc1ccc2c(OC(=O)c3ccccc3)c(OCC=C(C)CCC=C(C)C)c(=O)oc2c1. The Morgan fingerprint density at radius 1 is 1.00 bits per heavy atom. The van der Waals surface area contributed by atoms with Gasteiger partial charge in [-0.3, -0.25) is 0 Å². The van der Waals surface area contributed by atoms with Crippen LogP contribution in [0.5, 0.6) is 17.2 Å². The Labute approximate surface area is 193 Å². The van der Waals surface area contributed by atoms with Gasteiger partial charge in [-0.2, -0.15) is 0 Å². The fraction of sp³-hybridized carbons (Fsp3) is 0.259. The molecule has 0 N–H and O–H groups in total. The van der Waals surface area contributed by atoms with Crippen molar-refractivity contribution in [2.24, 2.45) is 0 Å². The summed E-state index contributed by atoms with van der Waals surface area (Å²) in [5.74, 6) is -0.218. The Morgan fingerprint density at radius 3 is 2.45 bits per heavy atom. The molecule has 0 saturated carbocycles. The molecule has 3 aromatic rings. The molecule has 0 fully saturated rings. The first-order chi connectivity index (χ1) is 15.9. The third-order valence-corrected chi connectivity index (χ3v) is 4.98. The van der Waals surface area contributed by atoms with Crippen molar-refractivity contribution in [3.05, 3.63) is 87.8 Å². The number of methoxy groups -OCH3 is 1. The van der Waals surface area contributed by atoms with Crippen molar-refractivity contribution in [2.45, 2.75) is 33.6 Å². The van der Waals surface area contributed by atoms with Crippen molar-refractivity contribution >= 4 is 16.9 Å². The molecule has 6 heteroatoms. The Balaban J connectivity index is 1.93. The molecule has 0 atom stereocenters. The molecule has 0 radical (unpaired) electrons. The van der Waals surface area contributed by atoms with E-state index in [1.54, 1.807) is 48.5 Å². The molecule has 1 aromatic heterocycles. The van der Waals surface area contributed by atoms with Crippen molar-refractivity contribution < 1.29 is 23.4 Å². The van der Waals surface area contributed by atoms with Gasteiger partial charge >= 0.3 is 11.6 Å². The minimum Gasteiger partial charge on any atom is -0.497 e. The first-order valence-electron chi connectivity index (χ1n) is 10.7. The van der Waals surface area contributed by atoms with Crippen LogP contribution in [0.1, 0.15) is 44.0 Å². The lowest BCUT2D eigenvalue weighted by Crippen LogP contribution is -2.14. The smallest absolute Gasteiger partial charge is 0.383 e. The molecule has 0 bridgehead atoms. The van der Waals surface area contributed by atoms with Crippen molar-refractivity contribution in [3.63, 3.8) is 0 Å². The van der Waals surface area contributed by atoms with Gasteiger partial charge in [0.15, 0.2) is 5.75 Å². The first kappa shape index (κ1) is 23.9. The minimum atomic E-state index is -0.734. The molecule has 3 rings (SSSR count). The van der Waals surface area contributed by atoms with E-state index in [0.717, 1.165) is 18.4 Å². The highest BCUT2D eigenvalue weighted by Crippen LogP contribution is 2.35. The summed E-state index contributed by atoms with van der Waals surface area (Å²) in [7, 11) is 1.51. The van der Waals surface area contributed by atoms with Gasteiger partial charge in [-0.1, -0.05) is 35.4 Å². The second-order valence-corrected chi connectivity index (χ2v) is 7.85. The van der Waals surface area contributed by atoms with E-state index in [0.29, 0.717) is 16.7 Å². The molecule has 33 heavy (non-hydrogen) atoms. The lowest BCUT2D eigenvalue weighted by molar-refractivity contribution is 0.0730. The first-order valence-corrected chi connectivity index (χ1v) is 10.7. The van der Waals surface area contributed by atoms with Gasteiger partial charge in [0, 0.05) is 6.07 Å². The van der Waals surface area contributed by atoms with Gasteiger partial charge in [0.1, 0.15) is 17.9 Å². The zero-order valence-corrected chi connectivity index (χ0v) is 19.3. The van der Waals surface area contributed by atoms with Crippen molar-refractivity contribution in [1.29, 1.82) is 0 Å². The maximum Gasteiger partial charge on any atom is 0.383 e. The molecule has 2 aromatic carbocycles. The zero-order chi connectivity index (χ0) is 23.8. The summed E-state index contributed by atoms with van der Waals surface area (Å²) in [6, 6.07) is 13.5. The number of hydrogen-bond acceptors (Lipinski definition) is 6. The van der Waals surface area contributed by atoms with Crippen LogP contribution in [0.25, 0.3) is 11.0 Å². The molecule has 172 valence electrons. The lowest BCUT2D eigenvalue weighted by atomic mass is 10.1. The summed E-state index contributed by atoms with van der Waals surface area (Å²) < 4.78 is 22.1. The van der Waals surface area contributed by atoms with Gasteiger partial charge in [-0.15, -0.1) is 0 Å². The average molecular weight is 449 g/mol. The van der Waals surface area contributed by atoms with E-state index in [1.807, 2.05) is 13.0 Å². The fourth-order valence-corrected chi connectivity index (χ4v) is 3.17. The maximum absolute atomic E-state index is 12.7. The molecular formula is C27H28O6. The van der Waals surface area contributed by atoms with Crippen molar-refractivity contribution in [3.8, 4) is 17.2 Å². The predicted octanol–water partition coefficient (Wildman–Crippen LogP) is 6.09. The number of esters is 1. The van der Waals surface area contributed by atoms with Crippen molar-refractivity contribution in [1.82, 2.24) is 0 Å². The summed E-state index contributed by atoms with van der Waals surface area (Å²) in [6.45, 7) is 6.28. The standard InChI is InChI=1S/C27H28O6/c1-18(2)9-8-10-19(3)15-16-31-25-24(33-26(28)20-11-6-5-7-12-20)22-14-13-21(30-4)17-23(22)32-27(25)29/h5-7,9,11-15,17H,8,10,16H2,1-4H3. The number of rotatable bonds is 9. The molecule has 6 nitrogen and oxygen atoms in total. The zero-order valence-electron chi connectivity index (χ0n) is 19.3. The van der Waals surface area contributed by atoms with E-state index < -0.39 is 11.6 Å². The number of carbonyl (C=O) groups excluding carboxylic acids is 1. The van der Waals surface area contributed by atoms with Crippen molar-refractivity contribution in [2.75, 3.05) is 13.7 Å². The Bertz CT molecular complexity index is 1230. The number of hydrogen-bond donors (Lipinski definition) is 0. The third kappa shape index (κ3) is 6.35. The summed E-state index contributed by atoms with van der Waals surface area (Å²) in [5.41, 5.74) is 2.26. The van der Waals surface area contributed by atoms with E-state index in [2.05, 4.69) is 19.9 Å². The van der Waals surface area contributed by atoms with E-state index in [1.165, 1.54) is 12.7 Å². The second-order valence-electron chi connectivity index (χ2n) is 7.85. The second kappa shape index (κ2) is 11.2. The van der Waals surface area contributed by atoms with Crippen LogP contribution in [0.15, 0.2) is 81.0 Å².